The van der Waals surface area contributed by atoms with Gasteiger partial charge in [0, 0.05) is 19.1 Å². The summed E-state index contributed by atoms with van der Waals surface area (Å²) >= 11 is 0. The van der Waals surface area contributed by atoms with Crippen LogP contribution in [0.3, 0.4) is 0 Å². The molecule has 0 bridgehead atoms. The van der Waals surface area contributed by atoms with E-state index in [0.717, 1.165) is 0 Å². The van der Waals surface area contributed by atoms with E-state index in [9.17, 15) is 8.42 Å². The number of hydrogen-bond donors (Lipinski definition) is 2. The molecule has 1 fully saturated rings. The molecule has 96 valence electrons. The highest BCUT2D eigenvalue weighted by Gasteiger charge is 2.35. The van der Waals surface area contributed by atoms with Crippen LogP contribution in [0.2, 0.25) is 0 Å². The van der Waals surface area contributed by atoms with Crippen molar-refractivity contribution in [2.24, 2.45) is 5.73 Å². The van der Waals surface area contributed by atoms with Gasteiger partial charge in [0.15, 0.2) is 5.03 Å². The van der Waals surface area contributed by atoms with Crippen molar-refractivity contribution in [2.75, 3.05) is 19.7 Å². The molecule has 1 aliphatic rings. The van der Waals surface area contributed by atoms with E-state index in [1.807, 2.05) is 0 Å². The second-order valence-corrected chi connectivity index (χ2v) is 5.89. The average Bonchev–Trinajstić information content (AvgIpc) is 2.83. The third-order valence-electron chi connectivity index (χ3n) is 2.77. The van der Waals surface area contributed by atoms with Gasteiger partial charge in [0.25, 0.3) is 10.0 Å². The fourth-order valence-electron chi connectivity index (χ4n) is 1.78. The number of nitrogens with two attached hydrogens (primary N) is 1. The number of hydrogen-bond acceptors (Lipinski definition) is 5. The molecule has 3 N–H and O–H groups in total. The minimum absolute atomic E-state index is 0.0991. The SMILES string of the molecule is CC1COC(CN)CN1S(=O)(=O)c1cnc[nH]1. The van der Waals surface area contributed by atoms with Gasteiger partial charge in [-0.3, -0.25) is 0 Å². The zero-order valence-corrected chi connectivity index (χ0v) is 10.4. The molecule has 0 radical (unpaired) electrons. The quantitative estimate of drug-likeness (QED) is 0.737. The Hall–Kier alpha value is -0.960. The summed E-state index contributed by atoms with van der Waals surface area (Å²) in [6.45, 7) is 2.75. The molecule has 0 aliphatic carbocycles. The zero-order chi connectivity index (χ0) is 12.5. The lowest BCUT2D eigenvalue weighted by Gasteiger charge is -2.36. The van der Waals surface area contributed by atoms with Crippen LogP contribution in [0.15, 0.2) is 17.6 Å². The molecule has 1 aliphatic heterocycles. The summed E-state index contributed by atoms with van der Waals surface area (Å²) in [5.41, 5.74) is 5.51. The first-order valence-corrected chi connectivity index (χ1v) is 6.81. The first kappa shape index (κ1) is 12.5. The first-order chi connectivity index (χ1) is 8.05. The van der Waals surface area contributed by atoms with Gasteiger partial charge in [-0.05, 0) is 6.92 Å². The first-order valence-electron chi connectivity index (χ1n) is 5.37. The zero-order valence-electron chi connectivity index (χ0n) is 9.54. The third-order valence-corrected chi connectivity index (χ3v) is 4.68. The van der Waals surface area contributed by atoms with Crippen molar-refractivity contribution in [2.45, 2.75) is 24.1 Å². The summed E-state index contributed by atoms with van der Waals surface area (Å²) in [6, 6.07) is -0.203. The Balaban J connectivity index is 2.26. The Morgan fingerprint density at radius 1 is 1.71 bits per heavy atom. The number of rotatable bonds is 3. The van der Waals surface area contributed by atoms with Crippen molar-refractivity contribution < 1.29 is 13.2 Å². The number of ether oxygens (including phenoxy) is 1. The summed E-state index contributed by atoms with van der Waals surface area (Å²) < 4.78 is 31.4. The van der Waals surface area contributed by atoms with Gasteiger partial charge in [0.2, 0.25) is 0 Å². The van der Waals surface area contributed by atoms with Gasteiger partial charge in [-0.1, -0.05) is 0 Å². The Bertz CT molecular complexity index is 459. The van der Waals surface area contributed by atoms with Crippen LogP contribution in [0.25, 0.3) is 0 Å². The summed E-state index contributed by atoms with van der Waals surface area (Å²) in [5.74, 6) is 0. The summed E-state index contributed by atoms with van der Waals surface area (Å²) in [6.07, 6.45) is 2.40. The summed E-state index contributed by atoms with van der Waals surface area (Å²) in [4.78, 5) is 6.35. The Morgan fingerprint density at radius 2 is 2.47 bits per heavy atom. The predicted octanol–water partition coefficient (Wildman–Crippen LogP) is -0.854. The van der Waals surface area contributed by atoms with Gasteiger partial charge in [-0.15, -0.1) is 0 Å². The molecule has 8 heteroatoms. The molecule has 7 nitrogen and oxygen atoms in total. The highest BCUT2D eigenvalue weighted by Crippen LogP contribution is 2.20. The van der Waals surface area contributed by atoms with Crippen molar-refractivity contribution in [3.05, 3.63) is 12.5 Å². The highest BCUT2D eigenvalue weighted by atomic mass is 32.2. The second-order valence-electron chi connectivity index (χ2n) is 4.03. The maximum atomic E-state index is 12.3. The van der Waals surface area contributed by atoms with E-state index in [0.29, 0.717) is 13.2 Å². The van der Waals surface area contributed by atoms with Crippen molar-refractivity contribution in [3.63, 3.8) is 0 Å². The lowest BCUT2D eigenvalue weighted by molar-refractivity contribution is -0.0220. The molecule has 0 amide bonds. The standard InChI is InChI=1S/C9H16N4O3S/c1-7-5-16-8(2-10)4-13(7)17(14,15)9-3-11-6-12-9/h3,6-8H,2,4-5,10H2,1H3,(H,11,12). The molecule has 17 heavy (non-hydrogen) atoms. The third kappa shape index (κ3) is 2.34. The number of imidazole rings is 1. The molecule has 2 unspecified atom stereocenters. The van der Waals surface area contributed by atoms with Crippen LogP contribution in [0, 0.1) is 0 Å². The molecule has 0 aromatic carbocycles. The van der Waals surface area contributed by atoms with E-state index in [1.165, 1.54) is 16.8 Å². The predicted molar refractivity (Wildman–Crippen MR) is 60.7 cm³/mol. The molecular formula is C9H16N4O3S. The van der Waals surface area contributed by atoms with Gasteiger partial charge in [-0.25, -0.2) is 13.4 Å². The monoisotopic (exact) mass is 260 g/mol. The van der Waals surface area contributed by atoms with Gasteiger partial charge in [-0.2, -0.15) is 4.31 Å². The number of aromatic nitrogens is 2. The molecule has 2 rings (SSSR count). The van der Waals surface area contributed by atoms with Gasteiger partial charge >= 0.3 is 0 Å². The van der Waals surface area contributed by atoms with E-state index in [-0.39, 0.29) is 23.7 Å². The van der Waals surface area contributed by atoms with E-state index in [1.54, 1.807) is 6.92 Å². The highest BCUT2D eigenvalue weighted by molar-refractivity contribution is 7.89. The molecule has 2 atom stereocenters. The van der Waals surface area contributed by atoms with Crippen molar-refractivity contribution >= 4 is 10.0 Å². The average molecular weight is 260 g/mol. The van der Waals surface area contributed by atoms with E-state index >= 15 is 0 Å². The van der Waals surface area contributed by atoms with Gasteiger partial charge in [0.05, 0.1) is 25.2 Å². The molecule has 1 aromatic heterocycles. The fraction of sp³-hybridized carbons (Fsp3) is 0.667. The lowest BCUT2D eigenvalue weighted by Crippen LogP contribution is -2.52. The largest absolute Gasteiger partial charge is 0.374 e. The number of H-pyrrole nitrogens is 1. The Labute approximate surface area is 100 Å². The Kier molecular flexibility index (Phi) is 3.48. The van der Waals surface area contributed by atoms with E-state index < -0.39 is 10.0 Å². The normalized spacial score (nSPS) is 27.2. The van der Waals surface area contributed by atoms with Crippen LogP contribution in [0.5, 0.6) is 0 Å². The number of nitrogens with one attached hydrogen (secondary N) is 1. The van der Waals surface area contributed by atoms with Crippen LogP contribution in [-0.4, -0.2) is 54.5 Å². The molecule has 0 spiro atoms. The van der Waals surface area contributed by atoms with Crippen molar-refractivity contribution in [3.8, 4) is 0 Å². The van der Waals surface area contributed by atoms with Crippen LogP contribution < -0.4 is 5.73 Å². The smallest absolute Gasteiger partial charge is 0.260 e. The fourth-order valence-corrected chi connectivity index (χ4v) is 3.33. The van der Waals surface area contributed by atoms with Crippen molar-refractivity contribution in [1.29, 1.82) is 0 Å². The number of aromatic amines is 1. The van der Waals surface area contributed by atoms with E-state index in [4.69, 9.17) is 10.5 Å². The van der Waals surface area contributed by atoms with E-state index in [2.05, 4.69) is 9.97 Å². The van der Waals surface area contributed by atoms with Crippen LogP contribution >= 0.6 is 0 Å². The summed E-state index contributed by atoms with van der Waals surface area (Å²) in [7, 11) is -3.53. The van der Waals surface area contributed by atoms with Crippen LogP contribution in [0.1, 0.15) is 6.92 Å². The summed E-state index contributed by atoms with van der Waals surface area (Å²) in [5, 5.41) is 0.0991. The molecule has 0 saturated carbocycles. The maximum absolute atomic E-state index is 12.3. The van der Waals surface area contributed by atoms with Gasteiger partial charge in [0.1, 0.15) is 0 Å². The minimum atomic E-state index is -3.53. The topological polar surface area (TPSA) is 101 Å². The number of morpholine rings is 1. The molecule has 1 saturated heterocycles. The van der Waals surface area contributed by atoms with Crippen molar-refractivity contribution in [1.82, 2.24) is 14.3 Å². The molecule has 1 aromatic rings. The second kappa shape index (κ2) is 4.73. The maximum Gasteiger partial charge on any atom is 0.260 e. The molecule has 2 heterocycles. The number of nitrogens with zero attached hydrogens (tertiary/aromatic N) is 2. The van der Waals surface area contributed by atoms with Crippen LogP contribution in [-0.2, 0) is 14.8 Å². The van der Waals surface area contributed by atoms with Crippen LogP contribution in [0.4, 0.5) is 0 Å². The number of sulfonamides is 1. The minimum Gasteiger partial charge on any atom is -0.374 e. The lowest BCUT2D eigenvalue weighted by atomic mass is 10.2. The van der Waals surface area contributed by atoms with Gasteiger partial charge < -0.3 is 15.5 Å². The Morgan fingerprint density at radius 3 is 3.06 bits per heavy atom. The molecular weight excluding hydrogens is 244 g/mol.